The Labute approximate surface area is 133 Å². The zero-order chi connectivity index (χ0) is 15.8. The van der Waals surface area contributed by atoms with Gasteiger partial charge in [-0.05, 0) is 29.8 Å². The summed E-state index contributed by atoms with van der Waals surface area (Å²) in [5.41, 5.74) is 4.71. The van der Waals surface area contributed by atoms with Crippen LogP contribution < -0.4 is 0 Å². The number of carboxylic acid groups (broad SMARTS) is 1. The molecule has 0 fully saturated rings. The highest BCUT2D eigenvalue weighted by atomic mass is 16.4. The highest BCUT2D eigenvalue weighted by molar-refractivity contribution is 5.95. The van der Waals surface area contributed by atoms with Crippen LogP contribution in [0.4, 0.5) is 0 Å². The Kier molecular flexibility index (Phi) is 3.12. The summed E-state index contributed by atoms with van der Waals surface area (Å²) in [4.78, 5) is 11.2. The summed E-state index contributed by atoms with van der Waals surface area (Å²) >= 11 is 0. The molecule has 1 aliphatic carbocycles. The fourth-order valence-corrected chi connectivity index (χ4v) is 3.10. The maximum absolute atomic E-state index is 11.2. The van der Waals surface area contributed by atoms with Crippen molar-refractivity contribution in [2.75, 3.05) is 0 Å². The summed E-state index contributed by atoms with van der Waals surface area (Å²) < 4.78 is 2.16. The molecule has 1 heterocycles. The van der Waals surface area contributed by atoms with E-state index in [0.717, 1.165) is 27.9 Å². The standard InChI is InChI=1S/C20H15NO2/c22-20(23)16-10-11-17(12-16)21-18-9-5-4-8-15(18)13-19(21)14-6-2-1-3-7-14/h1-11,13H,12H2,(H,22,23). The smallest absolute Gasteiger partial charge is 0.331 e. The van der Waals surface area contributed by atoms with Gasteiger partial charge in [0.05, 0.1) is 11.2 Å². The molecule has 23 heavy (non-hydrogen) atoms. The predicted molar refractivity (Wildman–Crippen MR) is 92.0 cm³/mol. The maximum atomic E-state index is 11.2. The Balaban J connectivity index is 1.90. The molecule has 112 valence electrons. The van der Waals surface area contributed by atoms with Gasteiger partial charge in [-0.3, -0.25) is 0 Å². The highest BCUT2D eigenvalue weighted by Crippen LogP contribution is 2.35. The first kappa shape index (κ1) is 13.6. The minimum atomic E-state index is -0.853. The summed E-state index contributed by atoms with van der Waals surface area (Å²) in [6.07, 6.45) is 4.04. The third-order valence-corrected chi connectivity index (χ3v) is 4.19. The molecular formula is C20H15NO2. The first-order chi connectivity index (χ1) is 11.2. The Morgan fingerprint density at radius 2 is 1.70 bits per heavy atom. The van der Waals surface area contributed by atoms with Crippen molar-refractivity contribution in [2.45, 2.75) is 6.42 Å². The van der Waals surface area contributed by atoms with Crippen LogP contribution in [-0.2, 0) is 4.79 Å². The van der Waals surface area contributed by atoms with E-state index >= 15 is 0 Å². The molecule has 0 saturated heterocycles. The Bertz CT molecular complexity index is 962. The monoisotopic (exact) mass is 301 g/mol. The molecule has 3 nitrogen and oxygen atoms in total. The first-order valence-electron chi connectivity index (χ1n) is 7.53. The van der Waals surface area contributed by atoms with Gasteiger partial charge in [-0.15, -0.1) is 0 Å². The molecule has 0 aliphatic heterocycles. The van der Waals surface area contributed by atoms with Gasteiger partial charge in [-0.25, -0.2) is 4.79 Å². The summed E-state index contributed by atoms with van der Waals surface area (Å²) in [5, 5.41) is 10.4. The van der Waals surface area contributed by atoms with Crippen molar-refractivity contribution in [3.63, 3.8) is 0 Å². The van der Waals surface area contributed by atoms with Crippen LogP contribution in [0.25, 0.3) is 27.9 Å². The molecule has 0 amide bonds. The largest absolute Gasteiger partial charge is 0.478 e. The van der Waals surface area contributed by atoms with Gasteiger partial charge in [-0.1, -0.05) is 48.5 Å². The predicted octanol–water partition coefficient (Wildman–Crippen LogP) is 4.56. The molecule has 3 heteroatoms. The Morgan fingerprint density at radius 1 is 0.957 bits per heavy atom. The summed E-state index contributed by atoms with van der Waals surface area (Å²) in [6.45, 7) is 0. The minimum absolute atomic E-state index is 0.428. The van der Waals surface area contributed by atoms with Crippen molar-refractivity contribution < 1.29 is 9.90 Å². The minimum Gasteiger partial charge on any atom is -0.478 e. The number of hydrogen-bond donors (Lipinski definition) is 1. The van der Waals surface area contributed by atoms with Crippen molar-refractivity contribution >= 4 is 22.6 Å². The normalized spacial score (nSPS) is 13.9. The molecule has 1 N–H and O–H groups in total. The molecule has 0 unspecified atom stereocenters. The van der Waals surface area contributed by atoms with E-state index in [0.29, 0.717) is 12.0 Å². The van der Waals surface area contributed by atoms with E-state index in [1.165, 1.54) is 0 Å². The molecule has 0 atom stereocenters. The van der Waals surface area contributed by atoms with Crippen LogP contribution in [-0.4, -0.2) is 15.6 Å². The van der Waals surface area contributed by atoms with Crippen molar-refractivity contribution in [1.82, 2.24) is 4.57 Å². The first-order valence-corrected chi connectivity index (χ1v) is 7.53. The van der Waals surface area contributed by atoms with Gasteiger partial charge in [0.25, 0.3) is 0 Å². The number of allylic oxidation sites excluding steroid dienone is 3. The van der Waals surface area contributed by atoms with E-state index in [1.54, 1.807) is 6.08 Å². The van der Waals surface area contributed by atoms with Gasteiger partial charge in [0.15, 0.2) is 0 Å². The average Bonchev–Trinajstić information content (AvgIpc) is 3.20. The zero-order valence-electron chi connectivity index (χ0n) is 12.4. The number of fused-ring (bicyclic) bond motifs is 1. The number of carbonyl (C=O) groups is 1. The van der Waals surface area contributed by atoms with E-state index in [9.17, 15) is 9.90 Å². The molecule has 0 radical (unpaired) electrons. The summed E-state index contributed by atoms with van der Waals surface area (Å²) in [6, 6.07) is 20.5. The van der Waals surface area contributed by atoms with Gasteiger partial charge in [0, 0.05) is 23.1 Å². The molecule has 1 aromatic heterocycles. The van der Waals surface area contributed by atoms with Crippen molar-refractivity contribution in [2.24, 2.45) is 0 Å². The molecule has 0 bridgehead atoms. The number of benzene rings is 2. The van der Waals surface area contributed by atoms with Gasteiger partial charge in [0.1, 0.15) is 0 Å². The SMILES string of the molecule is O=C(O)C1=CC=C(n2c(-c3ccccc3)cc3ccccc32)C1. The van der Waals surface area contributed by atoms with Crippen LogP contribution in [0.3, 0.4) is 0 Å². The van der Waals surface area contributed by atoms with E-state index in [2.05, 4.69) is 34.9 Å². The van der Waals surface area contributed by atoms with E-state index in [-0.39, 0.29) is 0 Å². The Hall–Kier alpha value is -3.07. The van der Waals surface area contributed by atoms with Crippen LogP contribution in [0.5, 0.6) is 0 Å². The molecule has 2 aromatic carbocycles. The van der Waals surface area contributed by atoms with Crippen molar-refractivity contribution in [3.8, 4) is 11.3 Å². The lowest BCUT2D eigenvalue weighted by molar-refractivity contribution is -0.132. The lowest BCUT2D eigenvalue weighted by Gasteiger charge is -2.12. The lowest BCUT2D eigenvalue weighted by Crippen LogP contribution is -2.02. The van der Waals surface area contributed by atoms with Gasteiger partial charge in [0.2, 0.25) is 0 Å². The number of carboxylic acids is 1. The topological polar surface area (TPSA) is 42.2 Å². The number of aliphatic carboxylic acids is 1. The fourth-order valence-electron chi connectivity index (χ4n) is 3.10. The van der Waals surface area contributed by atoms with Crippen LogP contribution >= 0.6 is 0 Å². The van der Waals surface area contributed by atoms with Gasteiger partial charge >= 0.3 is 5.97 Å². The number of rotatable bonds is 3. The number of hydrogen-bond acceptors (Lipinski definition) is 1. The van der Waals surface area contributed by atoms with Crippen LogP contribution in [0.15, 0.2) is 78.4 Å². The van der Waals surface area contributed by atoms with Crippen LogP contribution in [0.1, 0.15) is 6.42 Å². The molecule has 1 aliphatic rings. The second-order valence-electron chi connectivity index (χ2n) is 5.62. The lowest BCUT2D eigenvalue weighted by atomic mass is 10.1. The van der Waals surface area contributed by atoms with E-state index in [4.69, 9.17) is 0 Å². The fraction of sp³-hybridized carbons (Fsp3) is 0.0500. The molecule has 4 rings (SSSR count). The molecule has 0 saturated carbocycles. The van der Waals surface area contributed by atoms with Crippen LogP contribution in [0, 0.1) is 0 Å². The summed E-state index contributed by atoms with van der Waals surface area (Å²) in [7, 11) is 0. The van der Waals surface area contributed by atoms with Crippen molar-refractivity contribution in [1.29, 1.82) is 0 Å². The number of para-hydroxylation sites is 1. The number of nitrogens with zero attached hydrogens (tertiary/aromatic N) is 1. The highest BCUT2D eigenvalue weighted by Gasteiger charge is 2.20. The second-order valence-corrected chi connectivity index (χ2v) is 5.62. The molecular weight excluding hydrogens is 286 g/mol. The van der Waals surface area contributed by atoms with Crippen LogP contribution in [0.2, 0.25) is 0 Å². The van der Waals surface area contributed by atoms with Crippen molar-refractivity contribution in [3.05, 3.63) is 78.4 Å². The van der Waals surface area contributed by atoms with Gasteiger partial charge < -0.3 is 9.67 Å². The number of aromatic nitrogens is 1. The van der Waals surface area contributed by atoms with E-state index in [1.807, 2.05) is 36.4 Å². The average molecular weight is 301 g/mol. The van der Waals surface area contributed by atoms with Gasteiger partial charge in [-0.2, -0.15) is 0 Å². The second kappa shape index (κ2) is 5.29. The van der Waals surface area contributed by atoms with E-state index < -0.39 is 5.97 Å². The third-order valence-electron chi connectivity index (χ3n) is 4.19. The zero-order valence-corrected chi connectivity index (χ0v) is 12.4. The molecule has 0 spiro atoms. The Morgan fingerprint density at radius 3 is 2.43 bits per heavy atom. The summed E-state index contributed by atoms with van der Waals surface area (Å²) in [5.74, 6) is -0.853. The molecule has 3 aromatic rings. The quantitative estimate of drug-likeness (QED) is 0.770. The maximum Gasteiger partial charge on any atom is 0.331 e. The third kappa shape index (κ3) is 2.27.